The zero-order valence-electron chi connectivity index (χ0n) is 12.0. The number of hydrogen-bond acceptors (Lipinski definition) is 2. The van der Waals surface area contributed by atoms with E-state index in [4.69, 9.17) is 4.74 Å². The SMILES string of the molecule is CN(C(=O)N1CCc2ccccc2C1)C1CCOCC1. The Morgan fingerprint density at radius 1 is 1.25 bits per heavy atom. The monoisotopic (exact) mass is 274 g/mol. The Balaban J connectivity index is 1.66. The molecule has 4 heteroatoms. The number of nitrogens with zero attached hydrogens (tertiary/aromatic N) is 2. The maximum absolute atomic E-state index is 12.6. The topological polar surface area (TPSA) is 32.8 Å². The second-order valence-corrected chi connectivity index (χ2v) is 5.68. The molecule has 0 spiro atoms. The van der Waals surface area contributed by atoms with Crippen molar-refractivity contribution in [1.82, 2.24) is 9.80 Å². The molecule has 0 atom stereocenters. The molecule has 0 radical (unpaired) electrons. The lowest BCUT2D eigenvalue weighted by molar-refractivity contribution is 0.0456. The summed E-state index contributed by atoms with van der Waals surface area (Å²) in [6.45, 7) is 3.10. The van der Waals surface area contributed by atoms with Crippen LogP contribution in [-0.2, 0) is 17.7 Å². The molecule has 2 aliphatic rings. The molecule has 108 valence electrons. The molecular weight excluding hydrogens is 252 g/mol. The number of rotatable bonds is 1. The minimum absolute atomic E-state index is 0.159. The van der Waals surface area contributed by atoms with Gasteiger partial charge in [0.25, 0.3) is 0 Å². The van der Waals surface area contributed by atoms with Crippen molar-refractivity contribution in [2.24, 2.45) is 0 Å². The van der Waals surface area contributed by atoms with Gasteiger partial charge in [-0.1, -0.05) is 24.3 Å². The van der Waals surface area contributed by atoms with Crippen LogP contribution in [0.15, 0.2) is 24.3 Å². The molecule has 2 aliphatic heterocycles. The molecule has 1 fully saturated rings. The number of fused-ring (bicyclic) bond motifs is 1. The molecule has 4 nitrogen and oxygen atoms in total. The molecule has 20 heavy (non-hydrogen) atoms. The van der Waals surface area contributed by atoms with Crippen LogP contribution in [0.5, 0.6) is 0 Å². The number of carbonyl (C=O) groups excluding carboxylic acids is 1. The highest BCUT2D eigenvalue weighted by molar-refractivity contribution is 5.75. The Morgan fingerprint density at radius 2 is 1.95 bits per heavy atom. The van der Waals surface area contributed by atoms with Crippen LogP contribution in [0.4, 0.5) is 4.79 Å². The summed E-state index contributed by atoms with van der Waals surface area (Å²) >= 11 is 0. The number of amides is 2. The standard InChI is InChI=1S/C16H22N2O2/c1-17(15-7-10-20-11-8-15)16(19)18-9-6-13-4-2-3-5-14(13)12-18/h2-5,15H,6-12H2,1H3. The molecule has 1 aromatic rings. The largest absolute Gasteiger partial charge is 0.381 e. The highest BCUT2D eigenvalue weighted by Crippen LogP contribution is 2.21. The van der Waals surface area contributed by atoms with E-state index in [1.165, 1.54) is 11.1 Å². The molecule has 2 heterocycles. The van der Waals surface area contributed by atoms with Crippen molar-refractivity contribution in [1.29, 1.82) is 0 Å². The van der Waals surface area contributed by atoms with Gasteiger partial charge in [-0.15, -0.1) is 0 Å². The Morgan fingerprint density at radius 3 is 2.70 bits per heavy atom. The normalized spacial score (nSPS) is 19.6. The summed E-state index contributed by atoms with van der Waals surface area (Å²) in [5.74, 6) is 0. The summed E-state index contributed by atoms with van der Waals surface area (Å²) in [6.07, 6.45) is 2.86. The third-order valence-corrected chi connectivity index (χ3v) is 4.44. The van der Waals surface area contributed by atoms with Gasteiger partial charge in [0.2, 0.25) is 0 Å². The predicted octanol–water partition coefficient (Wildman–Crippen LogP) is 2.28. The predicted molar refractivity (Wildman–Crippen MR) is 77.6 cm³/mol. The number of benzene rings is 1. The highest BCUT2D eigenvalue weighted by Gasteiger charge is 2.28. The van der Waals surface area contributed by atoms with E-state index in [1.54, 1.807) is 0 Å². The number of hydrogen-bond donors (Lipinski definition) is 0. The van der Waals surface area contributed by atoms with Gasteiger partial charge in [-0.3, -0.25) is 0 Å². The van der Waals surface area contributed by atoms with E-state index in [0.29, 0.717) is 6.04 Å². The third kappa shape index (κ3) is 2.66. The fourth-order valence-corrected chi connectivity index (χ4v) is 3.11. The molecule has 1 saturated heterocycles. The number of urea groups is 1. The maximum Gasteiger partial charge on any atom is 0.320 e. The zero-order chi connectivity index (χ0) is 13.9. The number of carbonyl (C=O) groups is 1. The van der Waals surface area contributed by atoms with E-state index in [-0.39, 0.29) is 6.03 Å². The highest BCUT2D eigenvalue weighted by atomic mass is 16.5. The van der Waals surface area contributed by atoms with Crippen molar-refractivity contribution in [3.8, 4) is 0 Å². The molecule has 0 bridgehead atoms. The van der Waals surface area contributed by atoms with E-state index >= 15 is 0 Å². The Kier molecular flexibility index (Phi) is 3.92. The summed E-state index contributed by atoms with van der Waals surface area (Å²) in [6, 6.07) is 8.90. The molecule has 0 unspecified atom stereocenters. The average molecular weight is 274 g/mol. The van der Waals surface area contributed by atoms with Gasteiger partial charge in [0, 0.05) is 39.4 Å². The quantitative estimate of drug-likeness (QED) is 0.787. The van der Waals surface area contributed by atoms with Crippen LogP contribution in [-0.4, -0.2) is 48.7 Å². The molecule has 0 aliphatic carbocycles. The fourth-order valence-electron chi connectivity index (χ4n) is 3.11. The first-order chi connectivity index (χ1) is 9.75. The van der Waals surface area contributed by atoms with Crippen LogP contribution in [0.25, 0.3) is 0 Å². The molecule has 3 rings (SSSR count). The Hall–Kier alpha value is -1.55. The van der Waals surface area contributed by atoms with E-state index in [1.807, 2.05) is 16.8 Å². The van der Waals surface area contributed by atoms with Gasteiger partial charge in [-0.05, 0) is 30.4 Å². The molecule has 1 aromatic carbocycles. The number of ether oxygens (including phenoxy) is 1. The van der Waals surface area contributed by atoms with Crippen LogP contribution in [0.1, 0.15) is 24.0 Å². The van der Waals surface area contributed by atoms with Gasteiger partial charge in [0.15, 0.2) is 0 Å². The van der Waals surface area contributed by atoms with Gasteiger partial charge in [0.1, 0.15) is 0 Å². The van der Waals surface area contributed by atoms with E-state index in [2.05, 4.69) is 24.3 Å². The molecule has 0 saturated carbocycles. The molecular formula is C16H22N2O2. The lowest BCUT2D eigenvalue weighted by Gasteiger charge is -2.37. The summed E-state index contributed by atoms with van der Waals surface area (Å²) < 4.78 is 5.37. The van der Waals surface area contributed by atoms with Crippen LogP contribution in [0.3, 0.4) is 0 Å². The summed E-state index contributed by atoms with van der Waals surface area (Å²) in [5, 5.41) is 0. The van der Waals surface area contributed by atoms with E-state index in [9.17, 15) is 4.79 Å². The summed E-state index contributed by atoms with van der Waals surface area (Å²) in [5.41, 5.74) is 2.66. The van der Waals surface area contributed by atoms with Gasteiger partial charge in [-0.25, -0.2) is 4.79 Å². The smallest absolute Gasteiger partial charge is 0.320 e. The maximum atomic E-state index is 12.6. The lowest BCUT2D eigenvalue weighted by Crippen LogP contribution is -2.49. The third-order valence-electron chi connectivity index (χ3n) is 4.44. The van der Waals surface area contributed by atoms with Crippen molar-refractivity contribution in [2.75, 3.05) is 26.8 Å². The Bertz CT molecular complexity index is 483. The first-order valence-corrected chi connectivity index (χ1v) is 7.42. The molecule has 0 aromatic heterocycles. The van der Waals surface area contributed by atoms with E-state index < -0.39 is 0 Å². The lowest BCUT2D eigenvalue weighted by atomic mass is 10.00. The first-order valence-electron chi connectivity index (χ1n) is 7.42. The van der Waals surface area contributed by atoms with Gasteiger partial charge in [0.05, 0.1) is 0 Å². The Labute approximate surface area is 120 Å². The van der Waals surface area contributed by atoms with Crippen molar-refractivity contribution in [2.45, 2.75) is 31.8 Å². The molecule has 2 amide bonds. The first kappa shape index (κ1) is 13.4. The average Bonchev–Trinajstić information content (AvgIpc) is 2.54. The van der Waals surface area contributed by atoms with Gasteiger partial charge in [-0.2, -0.15) is 0 Å². The summed E-state index contributed by atoms with van der Waals surface area (Å²) in [7, 11) is 1.93. The summed E-state index contributed by atoms with van der Waals surface area (Å²) in [4.78, 5) is 16.5. The van der Waals surface area contributed by atoms with Crippen LogP contribution in [0, 0.1) is 0 Å². The second-order valence-electron chi connectivity index (χ2n) is 5.68. The van der Waals surface area contributed by atoms with Gasteiger partial charge < -0.3 is 14.5 Å². The van der Waals surface area contributed by atoms with Crippen molar-refractivity contribution in [3.05, 3.63) is 35.4 Å². The van der Waals surface area contributed by atoms with Crippen LogP contribution in [0.2, 0.25) is 0 Å². The fraction of sp³-hybridized carbons (Fsp3) is 0.562. The zero-order valence-corrected chi connectivity index (χ0v) is 12.0. The van der Waals surface area contributed by atoms with Crippen molar-refractivity contribution in [3.63, 3.8) is 0 Å². The molecule has 0 N–H and O–H groups in total. The van der Waals surface area contributed by atoms with Gasteiger partial charge >= 0.3 is 6.03 Å². The van der Waals surface area contributed by atoms with Crippen LogP contribution < -0.4 is 0 Å². The van der Waals surface area contributed by atoms with Crippen molar-refractivity contribution < 1.29 is 9.53 Å². The second kappa shape index (κ2) is 5.83. The minimum atomic E-state index is 0.159. The van der Waals surface area contributed by atoms with Crippen LogP contribution >= 0.6 is 0 Å². The minimum Gasteiger partial charge on any atom is -0.381 e. The van der Waals surface area contributed by atoms with E-state index in [0.717, 1.165) is 45.6 Å². The van der Waals surface area contributed by atoms with Crippen molar-refractivity contribution >= 4 is 6.03 Å².